The van der Waals surface area contributed by atoms with Crippen LogP contribution in [0.2, 0.25) is 0 Å². The number of halogens is 1. The molecule has 2 heterocycles. The molecular weight excluding hydrogens is 320 g/mol. The summed E-state index contributed by atoms with van der Waals surface area (Å²) in [4.78, 5) is 14.6. The molecule has 0 aromatic carbocycles. The first-order valence-electron chi connectivity index (χ1n) is 5.76. The lowest BCUT2D eigenvalue weighted by Crippen LogP contribution is -2.51. The molecule has 106 valence electrons. The number of hydrogen-bond donors (Lipinski definition) is 4. The van der Waals surface area contributed by atoms with Gasteiger partial charge in [-0.1, -0.05) is 15.9 Å². The van der Waals surface area contributed by atoms with Gasteiger partial charge in [-0.15, -0.1) is 0 Å². The first-order chi connectivity index (χ1) is 9.06. The zero-order chi connectivity index (χ0) is 14.0. The Balaban J connectivity index is 2.17. The first kappa shape index (κ1) is 14.5. The maximum absolute atomic E-state index is 11.8. The molecule has 4 unspecified atom stereocenters. The number of aliphatic hydroxyl groups excluding tert-OH is 3. The van der Waals surface area contributed by atoms with E-state index in [0.29, 0.717) is 5.57 Å². The highest BCUT2D eigenvalue weighted by Gasteiger charge is 2.39. The Kier molecular flexibility index (Phi) is 4.58. The molecule has 0 radical (unpaired) electrons. The lowest BCUT2D eigenvalue weighted by Gasteiger charge is -2.32. The second-order valence-electron chi connectivity index (χ2n) is 4.30. The molecule has 7 nitrogen and oxygen atoms in total. The van der Waals surface area contributed by atoms with Gasteiger partial charge in [0, 0.05) is 18.2 Å². The van der Waals surface area contributed by atoms with Crippen LogP contribution in [-0.4, -0.2) is 57.5 Å². The van der Waals surface area contributed by atoms with Crippen molar-refractivity contribution in [3.63, 3.8) is 0 Å². The third kappa shape index (κ3) is 2.98. The Hall–Kier alpha value is -0.930. The number of aliphatic hydroxyl groups is 3. The van der Waals surface area contributed by atoms with Crippen LogP contribution in [-0.2, 0) is 4.74 Å². The molecule has 19 heavy (non-hydrogen) atoms. The summed E-state index contributed by atoms with van der Waals surface area (Å²) in [5.41, 5.74) is 0.474. The minimum atomic E-state index is -1.09. The summed E-state index contributed by atoms with van der Waals surface area (Å²) in [6.07, 6.45) is -0.0247. The molecule has 2 aliphatic heterocycles. The Bertz CT molecular complexity index is 414. The Morgan fingerprint density at radius 3 is 2.89 bits per heavy atom. The second-order valence-corrected chi connectivity index (χ2v) is 4.82. The van der Waals surface area contributed by atoms with Crippen molar-refractivity contribution in [3.8, 4) is 0 Å². The van der Waals surface area contributed by atoms with E-state index in [1.807, 2.05) is 0 Å². The number of rotatable bonds is 3. The fourth-order valence-electron chi connectivity index (χ4n) is 2.04. The average molecular weight is 335 g/mol. The van der Waals surface area contributed by atoms with E-state index in [1.165, 1.54) is 11.1 Å². The van der Waals surface area contributed by atoms with Gasteiger partial charge in [0.2, 0.25) is 0 Å². The predicted molar refractivity (Wildman–Crippen MR) is 68.9 cm³/mol. The second kappa shape index (κ2) is 6.02. The lowest BCUT2D eigenvalue weighted by atomic mass is 10.1. The number of carbonyl (C=O) groups is 1. The maximum Gasteiger partial charge on any atom is 0.325 e. The van der Waals surface area contributed by atoms with Gasteiger partial charge < -0.3 is 25.4 Å². The summed E-state index contributed by atoms with van der Waals surface area (Å²) in [6.45, 7) is -0.312. The van der Waals surface area contributed by atoms with Crippen molar-refractivity contribution in [2.45, 2.75) is 31.1 Å². The zero-order valence-electron chi connectivity index (χ0n) is 9.94. The molecule has 2 aliphatic rings. The Morgan fingerprint density at radius 1 is 1.58 bits per heavy atom. The van der Waals surface area contributed by atoms with Crippen LogP contribution < -0.4 is 5.32 Å². The third-order valence-corrected chi connectivity index (χ3v) is 3.31. The average Bonchev–Trinajstić information content (AvgIpc) is 2.74. The van der Waals surface area contributed by atoms with Crippen LogP contribution in [0.1, 0.15) is 6.42 Å². The van der Waals surface area contributed by atoms with Crippen LogP contribution in [0.15, 0.2) is 22.8 Å². The molecule has 0 spiro atoms. The van der Waals surface area contributed by atoms with Crippen molar-refractivity contribution in [2.75, 3.05) is 6.61 Å². The van der Waals surface area contributed by atoms with E-state index < -0.39 is 30.7 Å². The van der Waals surface area contributed by atoms with Crippen molar-refractivity contribution in [2.24, 2.45) is 0 Å². The topological polar surface area (TPSA) is 102 Å². The molecule has 0 aliphatic carbocycles. The van der Waals surface area contributed by atoms with Crippen molar-refractivity contribution < 1.29 is 24.9 Å². The van der Waals surface area contributed by atoms with Crippen molar-refractivity contribution in [1.82, 2.24) is 10.2 Å². The van der Waals surface area contributed by atoms with Crippen LogP contribution in [0, 0.1) is 0 Å². The number of nitrogens with one attached hydrogen (secondary N) is 1. The van der Waals surface area contributed by atoms with E-state index in [2.05, 4.69) is 21.2 Å². The fraction of sp³-hybridized carbons (Fsp3) is 0.545. The molecule has 1 fully saturated rings. The minimum absolute atomic E-state index is 0.205. The van der Waals surface area contributed by atoms with Gasteiger partial charge in [0.05, 0.1) is 12.7 Å². The number of carbonyl (C=O) groups excluding carboxylic acids is 1. The first-order valence-corrected chi connectivity index (χ1v) is 6.68. The van der Waals surface area contributed by atoms with Crippen molar-refractivity contribution >= 4 is 22.0 Å². The van der Waals surface area contributed by atoms with Gasteiger partial charge >= 0.3 is 6.03 Å². The summed E-state index contributed by atoms with van der Waals surface area (Å²) < 4.78 is 5.40. The number of hydrogen-bond acceptors (Lipinski definition) is 5. The van der Waals surface area contributed by atoms with E-state index in [4.69, 9.17) is 9.84 Å². The van der Waals surface area contributed by atoms with Crippen LogP contribution in [0.25, 0.3) is 0 Å². The third-order valence-electron chi connectivity index (χ3n) is 3.05. The predicted octanol–water partition coefficient (Wildman–Crippen LogP) is -0.409. The zero-order valence-corrected chi connectivity index (χ0v) is 11.5. The number of ether oxygens (including phenoxy) is 1. The van der Waals surface area contributed by atoms with Gasteiger partial charge in [-0.2, -0.15) is 0 Å². The summed E-state index contributed by atoms with van der Waals surface area (Å²) >= 11 is 3.09. The summed E-state index contributed by atoms with van der Waals surface area (Å²) in [6, 6.07) is -0.519. The summed E-state index contributed by atoms with van der Waals surface area (Å²) in [5, 5.41) is 30.7. The molecular formula is C11H15BrN2O5. The van der Waals surface area contributed by atoms with Crippen LogP contribution in [0.3, 0.4) is 0 Å². The summed E-state index contributed by atoms with van der Waals surface area (Å²) in [5.74, 6) is 0. The van der Waals surface area contributed by atoms with E-state index in [1.54, 1.807) is 11.1 Å². The van der Waals surface area contributed by atoms with Crippen LogP contribution >= 0.6 is 15.9 Å². The molecule has 2 rings (SSSR count). The molecule has 8 heteroatoms. The van der Waals surface area contributed by atoms with Crippen molar-refractivity contribution in [3.05, 3.63) is 22.8 Å². The van der Waals surface area contributed by atoms with Gasteiger partial charge in [0.25, 0.3) is 0 Å². The molecule has 4 atom stereocenters. The molecule has 2 amide bonds. The Morgan fingerprint density at radius 2 is 2.32 bits per heavy atom. The number of nitrogens with zero attached hydrogens (tertiary/aromatic N) is 1. The van der Waals surface area contributed by atoms with Crippen LogP contribution in [0.4, 0.5) is 4.79 Å². The highest BCUT2D eigenvalue weighted by molar-refractivity contribution is 9.11. The highest BCUT2D eigenvalue weighted by atomic mass is 79.9. The molecule has 4 N–H and O–H groups in total. The smallest absolute Gasteiger partial charge is 0.325 e. The van der Waals surface area contributed by atoms with E-state index >= 15 is 0 Å². The minimum Gasteiger partial charge on any atom is -0.394 e. The summed E-state index contributed by atoms with van der Waals surface area (Å²) in [7, 11) is 0. The highest BCUT2D eigenvalue weighted by Crippen LogP contribution is 2.26. The van der Waals surface area contributed by atoms with Gasteiger partial charge in [0.1, 0.15) is 12.3 Å². The van der Waals surface area contributed by atoms with Gasteiger partial charge in [-0.3, -0.25) is 4.90 Å². The number of urea groups is 1. The largest absolute Gasteiger partial charge is 0.394 e. The monoisotopic (exact) mass is 334 g/mol. The Labute approximate surface area is 118 Å². The fourth-order valence-corrected chi connectivity index (χ4v) is 2.34. The molecule has 0 bridgehead atoms. The lowest BCUT2D eigenvalue weighted by molar-refractivity contribution is -0.0559. The number of amides is 2. The molecule has 0 aromatic rings. The molecule has 0 aromatic heterocycles. The van der Waals surface area contributed by atoms with E-state index in [9.17, 15) is 15.0 Å². The van der Waals surface area contributed by atoms with Crippen LogP contribution in [0.5, 0.6) is 0 Å². The van der Waals surface area contributed by atoms with E-state index in [0.717, 1.165) is 0 Å². The maximum atomic E-state index is 11.8. The molecule has 1 saturated heterocycles. The molecule has 0 saturated carbocycles. The van der Waals surface area contributed by atoms with Crippen molar-refractivity contribution in [1.29, 1.82) is 0 Å². The SMILES string of the molecule is O=C1NC(O)C(/C=C/Br)=CN1C1CC(O)C(CO)O1. The van der Waals surface area contributed by atoms with Gasteiger partial charge in [0.15, 0.2) is 6.23 Å². The van der Waals surface area contributed by atoms with Gasteiger partial charge in [-0.05, 0) is 11.1 Å². The van der Waals surface area contributed by atoms with E-state index in [-0.39, 0.29) is 13.0 Å². The quantitative estimate of drug-likeness (QED) is 0.562. The van der Waals surface area contributed by atoms with Gasteiger partial charge in [-0.25, -0.2) is 4.79 Å². The normalized spacial score (nSPS) is 35.7. The standard InChI is InChI=1S/C11H15BrN2O5/c12-2-1-6-4-14(11(18)13-10(6)17)9-3-7(16)8(5-15)19-9/h1-2,4,7-10,15-17H,3,5H2,(H,13,18)/b2-1+.